The van der Waals surface area contributed by atoms with Gasteiger partial charge in [-0.15, -0.1) is 0 Å². The van der Waals surface area contributed by atoms with E-state index in [1.54, 1.807) is 6.92 Å². The van der Waals surface area contributed by atoms with Crippen molar-refractivity contribution >= 4 is 5.91 Å². The van der Waals surface area contributed by atoms with Crippen LogP contribution in [-0.2, 0) is 19.3 Å². The zero-order valence-corrected chi connectivity index (χ0v) is 15.9. The zero-order chi connectivity index (χ0) is 19.0. The van der Waals surface area contributed by atoms with Gasteiger partial charge in [0.25, 0.3) is 5.91 Å². The molecule has 0 aliphatic heterocycles. The van der Waals surface area contributed by atoms with E-state index in [0.29, 0.717) is 30.2 Å². The molecule has 6 heteroatoms. The van der Waals surface area contributed by atoms with Gasteiger partial charge in [0.15, 0.2) is 0 Å². The van der Waals surface area contributed by atoms with E-state index < -0.39 is 5.63 Å². The third-order valence-electron chi connectivity index (χ3n) is 5.72. The molecule has 1 saturated carbocycles. The Hall–Kier alpha value is -2.50. The van der Waals surface area contributed by atoms with Crippen LogP contribution in [0.2, 0.25) is 0 Å². The lowest BCUT2D eigenvalue weighted by Gasteiger charge is -2.24. The number of rotatable bonds is 5. The fourth-order valence-electron chi connectivity index (χ4n) is 3.97. The number of aryl methyl sites for hydroxylation is 3. The number of aromatic nitrogens is 2. The fraction of sp³-hybridized carbons (Fsp3) is 0.524. The van der Waals surface area contributed by atoms with Gasteiger partial charge in [-0.2, -0.15) is 0 Å². The van der Waals surface area contributed by atoms with E-state index in [0.717, 1.165) is 49.3 Å². The van der Waals surface area contributed by atoms with Crippen LogP contribution >= 0.6 is 0 Å². The molecule has 2 aliphatic rings. The van der Waals surface area contributed by atoms with Crippen molar-refractivity contribution in [1.82, 2.24) is 15.3 Å². The predicted molar refractivity (Wildman–Crippen MR) is 101 cm³/mol. The van der Waals surface area contributed by atoms with Gasteiger partial charge in [0, 0.05) is 30.3 Å². The molecule has 0 unspecified atom stereocenters. The van der Waals surface area contributed by atoms with Crippen LogP contribution in [0, 0.1) is 13.8 Å². The van der Waals surface area contributed by atoms with E-state index >= 15 is 0 Å². The van der Waals surface area contributed by atoms with Crippen LogP contribution < -0.4 is 10.9 Å². The van der Waals surface area contributed by atoms with Gasteiger partial charge in [-0.25, -0.2) is 14.8 Å². The van der Waals surface area contributed by atoms with Gasteiger partial charge < -0.3 is 9.73 Å². The van der Waals surface area contributed by atoms with E-state index in [4.69, 9.17) is 4.42 Å². The summed E-state index contributed by atoms with van der Waals surface area (Å²) in [7, 11) is 0. The van der Waals surface area contributed by atoms with E-state index in [1.165, 1.54) is 12.0 Å². The monoisotopic (exact) mass is 367 g/mol. The SMILES string of the molecule is Cc1cc(C2CCC2)oc(=O)c1C(=O)NCCc1nc(C)c2c(n1)CCC2. The summed E-state index contributed by atoms with van der Waals surface area (Å²) in [6.45, 7) is 4.20. The average molecular weight is 367 g/mol. The maximum Gasteiger partial charge on any atom is 0.349 e. The van der Waals surface area contributed by atoms with Crippen LogP contribution in [0.4, 0.5) is 0 Å². The molecule has 1 fully saturated rings. The second kappa shape index (κ2) is 7.25. The van der Waals surface area contributed by atoms with Crippen LogP contribution in [-0.4, -0.2) is 22.4 Å². The van der Waals surface area contributed by atoms with Crippen LogP contribution in [0.5, 0.6) is 0 Å². The number of nitrogens with one attached hydrogen (secondary N) is 1. The molecule has 1 amide bonds. The summed E-state index contributed by atoms with van der Waals surface area (Å²) in [6.07, 6.45) is 7.01. The highest BCUT2D eigenvalue weighted by Crippen LogP contribution is 2.36. The minimum absolute atomic E-state index is 0.101. The highest BCUT2D eigenvalue weighted by Gasteiger charge is 2.25. The number of carbonyl (C=O) groups is 1. The largest absolute Gasteiger partial charge is 0.427 e. The Morgan fingerprint density at radius 1 is 1.22 bits per heavy atom. The molecule has 142 valence electrons. The van der Waals surface area contributed by atoms with Crippen molar-refractivity contribution in [3.8, 4) is 0 Å². The first-order chi connectivity index (χ1) is 13.0. The minimum atomic E-state index is -0.543. The third-order valence-corrected chi connectivity index (χ3v) is 5.72. The van der Waals surface area contributed by atoms with Gasteiger partial charge in [-0.1, -0.05) is 6.42 Å². The molecular weight excluding hydrogens is 342 g/mol. The van der Waals surface area contributed by atoms with Gasteiger partial charge in [0.05, 0.1) is 0 Å². The summed E-state index contributed by atoms with van der Waals surface area (Å²) in [5, 5.41) is 2.81. The van der Waals surface area contributed by atoms with Crippen molar-refractivity contribution < 1.29 is 9.21 Å². The zero-order valence-electron chi connectivity index (χ0n) is 15.9. The van der Waals surface area contributed by atoms with Crippen LogP contribution in [0.1, 0.15) is 76.1 Å². The van der Waals surface area contributed by atoms with Crippen molar-refractivity contribution in [3.05, 3.63) is 56.1 Å². The molecule has 1 N–H and O–H groups in total. The summed E-state index contributed by atoms with van der Waals surface area (Å²) < 4.78 is 5.40. The lowest BCUT2D eigenvalue weighted by atomic mass is 9.83. The number of nitrogens with zero attached hydrogens (tertiary/aromatic N) is 2. The van der Waals surface area contributed by atoms with Crippen molar-refractivity contribution in [1.29, 1.82) is 0 Å². The lowest BCUT2D eigenvalue weighted by Crippen LogP contribution is -2.31. The first-order valence-corrected chi connectivity index (χ1v) is 9.81. The van der Waals surface area contributed by atoms with E-state index in [2.05, 4.69) is 15.3 Å². The Labute approximate surface area is 158 Å². The minimum Gasteiger partial charge on any atom is -0.427 e. The van der Waals surface area contributed by atoms with Gasteiger partial charge in [-0.3, -0.25) is 4.79 Å². The fourth-order valence-corrected chi connectivity index (χ4v) is 3.97. The third kappa shape index (κ3) is 3.53. The molecule has 2 aromatic rings. The summed E-state index contributed by atoms with van der Waals surface area (Å²) in [6, 6.07) is 1.84. The number of fused-ring (bicyclic) bond motifs is 1. The summed E-state index contributed by atoms with van der Waals surface area (Å²) >= 11 is 0. The molecule has 0 spiro atoms. The Balaban J connectivity index is 1.41. The molecular formula is C21H25N3O3. The van der Waals surface area contributed by atoms with Crippen molar-refractivity contribution in [2.24, 2.45) is 0 Å². The molecule has 4 rings (SSSR count). The topological polar surface area (TPSA) is 85.1 Å². The first-order valence-electron chi connectivity index (χ1n) is 9.81. The Morgan fingerprint density at radius 2 is 2.04 bits per heavy atom. The van der Waals surface area contributed by atoms with Crippen LogP contribution in [0.15, 0.2) is 15.3 Å². The summed E-state index contributed by atoms with van der Waals surface area (Å²) in [5.74, 6) is 1.40. The standard InChI is InChI=1S/C21H25N3O3/c1-12-11-17(14-5-3-6-14)27-21(26)19(12)20(25)22-10-9-18-23-13(2)15-7-4-8-16(15)24-18/h11,14H,3-10H2,1-2H3,(H,22,25). The second-order valence-corrected chi connectivity index (χ2v) is 7.63. The molecule has 0 saturated heterocycles. The number of hydrogen-bond acceptors (Lipinski definition) is 5. The van der Waals surface area contributed by atoms with Gasteiger partial charge >= 0.3 is 5.63 Å². The van der Waals surface area contributed by atoms with Crippen molar-refractivity contribution in [2.45, 2.75) is 64.7 Å². The normalized spacial score (nSPS) is 16.1. The van der Waals surface area contributed by atoms with Gasteiger partial charge in [0.2, 0.25) is 0 Å². The summed E-state index contributed by atoms with van der Waals surface area (Å²) in [5.41, 5.74) is 3.70. The Morgan fingerprint density at radius 3 is 2.74 bits per heavy atom. The molecule has 0 atom stereocenters. The maximum atomic E-state index is 12.5. The molecule has 2 aromatic heterocycles. The molecule has 2 aliphatic carbocycles. The maximum absolute atomic E-state index is 12.5. The number of amides is 1. The Bertz CT molecular complexity index is 944. The van der Waals surface area contributed by atoms with Crippen LogP contribution in [0.3, 0.4) is 0 Å². The lowest BCUT2D eigenvalue weighted by molar-refractivity contribution is 0.0948. The number of hydrogen-bond donors (Lipinski definition) is 1. The van der Waals surface area contributed by atoms with Crippen molar-refractivity contribution in [3.63, 3.8) is 0 Å². The molecule has 27 heavy (non-hydrogen) atoms. The van der Waals surface area contributed by atoms with E-state index in [1.807, 2.05) is 13.0 Å². The molecule has 6 nitrogen and oxygen atoms in total. The second-order valence-electron chi connectivity index (χ2n) is 7.63. The number of carbonyl (C=O) groups excluding carboxylic acids is 1. The van der Waals surface area contributed by atoms with Crippen molar-refractivity contribution in [2.75, 3.05) is 6.54 Å². The summed E-state index contributed by atoms with van der Waals surface area (Å²) in [4.78, 5) is 34.0. The molecule has 0 radical (unpaired) electrons. The quantitative estimate of drug-likeness (QED) is 0.878. The van der Waals surface area contributed by atoms with Gasteiger partial charge in [0.1, 0.15) is 17.1 Å². The Kier molecular flexibility index (Phi) is 4.81. The highest BCUT2D eigenvalue weighted by molar-refractivity contribution is 5.95. The van der Waals surface area contributed by atoms with E-state index in [9.17, 15) is 9.59 Å². The molecule has 0 aromatic carbocycles. The first kappa shape index (κ1) is 17.9. The highest BCUT2D eigenvalue weighted by atomic mass is 16.4. The molecule has 0 bridgehead atoms. The van der Waals surface area contributed by atoms with Crippen LogP contribution in [0.25, 0.3) is 0 Å². The average Bonchev–Trinajstić information content (AvgIpc) is 3.01. The van der Waals surface area contributed by atoms with E-state index in [-0.39, 0.29) is 11.5 Å². The van der Waals surface area contributed by atoms with Gasteiger partial charge in [-0.05, 0) is 63.1 Å². The smallest absolute Gasteiger partial charge is 0.349 e. The predicted octanol–water partition coefficient (Wildman–Crippen LogP) is 2.78. The molecule has 2 heterocycles.